The van der Waals surface area contributed by atoms with Gasteiger partial charge in [0.15, 0.2) is 5.60 Å². The van der Waals surface area contributed by atoms with E-state index in [0.29, 0.717) is 22.4 Å². The highest BCUT2D eigenvalue weighted by molar-refractivity contribution is 9.10. The molecule has 0 radical (unpaired) electrons. The van der Waals surface area contributed by atoms with Gasteiger partial charge in [0.1, 0.15) is 11.4 Å². The summed E-state index contributed by atoms with van der Waals surface area (Å²) >= 11 is 9.24. The van der Waals surface area contributed by atoms with Gasteiger partial charge < -0.3 is 9.26 Å². The number of ether oxygens (including phenoxy) is 1. The Labute approximate surface area is 145 Å². The van der Waals surface area contributed by atoms with Gasteiger partial charge in [0, 0.05) is 28.5 Å². The fourth-order valence-corrected chi connectivity index (χ4v) is 2.58. The zero-order chi connectivity index (χ0) is 15.9. The summed E-state index contributed by atoms with van der Waals surface area (Å²) in [5, 5.41) is 4.68. The zero-order valence-corrected chi connectivity index (χ0v) is 14.2. The minimum absolute atomic E-state index is 0.457. The van der Waals surface area contributed by atoms with Crippen LogP contribution in [0.5, 0.6) is 5.75 Å². The minimum Gasteiger partial charge on any atom is -0.477 e. The van der Waals surface area contributed by atoms with Crippen LogP contribution in [0, 0.1) is 0 Å². The Morgan fingerprint density at radius 3 is 2.57 bits per heavy atom. The topological polar surface area (TPSA) is 61.0 Å². The van der Waals surface area contributed by atoms with E-state index < -0.39 is 5.60 Å². The molecule has 2 aromatic heterocycles. The molecule has 1 aliphatic carbocycles. The average Bonchev–Trinajstić information content (AvgIpc) is 3.16. The standard InChI is InChI=1S/C16H11BrClN3O2/c17-10-1-6-13(19-9-10)14-20-15(23-21-14)16(7-8-16)22-12-4-2-11(18)3-5-12/h1-6,9H,7-8H2. The summed E-state index contributed by atoms with van der Waals surface area (Å²) in [5.41, 5.74) is 0.125. The number of hydrogen-bond donors (Lipinski definition) is 0. The second-order valence-corrected chi connectivity index (χ2v) is 6.69. The van der Waals surface area contributed by atoms with Gasteiger partial charge in [0.05, 0.1) is 0 Å². The molecule has 3 aromatic rings. The Kier molecular flexibility index (Phi) is 3.58. The third kappa shape index (κ3) is 2.96. The van der Waals surface area contributed by atoms with Crippen molar-refractivity contribution in [2.24, 2.45) is 0 Å². The maximum Gasteiger partial charge on any atom is 0.271 e. The lowest BCUT2D eigenvalue weighted by Gasteiger charge is -2.13. The first-order valence-corrected chi connectivity index (χ1v) is 8.22. The lowest BCUT2D eigenvalue weighted by atomic mass is 10.3. The van der Waals surface area contributed by atoms with Gasteiger partial charge in [0.2, 0.25) is 5.82 Å². The van der Waals surface area contributed by atoms with Crippen LogP contribution in [0.25, 0.3) is 11.5 Å². The molecule has 1 aromatic carbocycles. The number of aromatic nitrogens is 3. The van der Waals surface area contributed by atoms with Crippen LogP contribution >= 0.6 is 27.5 Å². The highest BCUT2D eigenvalue weighted by Crippen LogP contribution is 2.49. The SMILES string of the molecule is Clc1ccc(OC2(c3nc(-c4ccc(Br)cn4)no3)CC2)cc1. The molecule has 0 saturated heterocycles. The van der Waals surface area contributed by atoms with Gasteiger partial charge in [-0.15, -0.1) is 0 Å². The molecule has 0 unspecified atom stereocenters. The first-order chi connectivity index (χ1) is 11.1. The molecule has 4 rings (SSSR count). The summed E-state index contributed by atoms with van der Waals surface area (Å²) in [5.74, 6) is 1.67. The highest BCUT2D eigenvalue weighted by Gasteiger charge is 2.52. The fourth-order valence-electron chi connectivity index (χ4n) is 2.22. The van der Waals surface area contributed by atoms with Crippen LogP contribution in [0.15, 0.2) is 51.6 Å². The van der Waals surface area contributed by atoms with Crippen LogP contribution < -0.4 is 4.74 Å². The monoisotopic (exact) mass is 391 g/mol. The molecule has 0 atom stereocenters. The number of pyridine rings is 1. The summed E-state index contributed by atoms with van der Waals surface area (Å²) < 4.78 is 12.3. The molecule has 0 amide bonds. The maximum atomic E-state index is 6.04. The molecule has 1 saturated carbocycles. The quantitative estimate of drug-likeness (QED) is 0.648. The van der Waals surface area contributed by atoms with E-state index >= 15 is 0 Å². The first-order valence-electron chi connectivity index (χ1n) is 7.05. The Bertz CT molecular complexity index is 829. The van der Waals surface area contributed by atoms with Crippen molar-refractivity contribution < 1.29 is 9.26 Å². The van der Waals surface area contributed by atoms with Crippen LogP contribution in [0.3, 0.4) is 0 Å². The molecule has 0 aliphatic heterocycles. The van der Waals surface area contributed by atoms with Crippen molar-refractivity contribution in [2.75, 3.05) is 0 Å². The van der Waals surface area contributed by atoms with Gasteiger partial charge in [-0.25, -0.2) is 0 Å². The molecule has 7 heteroatoms. The van der Waals surface area contributed by atoms with Gasteiger partial charge in [-0.2, -0.15) is 4.98 Å². The normalized spacial score (nSPS) is 15.4. The second kappa shape index (κ2) is 5.62. The van der Waals surface area contributed by atoms with E-state index in [1.807, 2.05) is 24.3 Å². The number of benzene rings is 1. The minimum atomic E-state index is -0.533. The lowest BCUT2D eigenvalue weighted by molar-refractivity contribution is 0.134. The third-order valence-electron chi connectivity index (χ3n) is 3.60. The maximum absolute atomic E-state index is 6.04. The predicted octanol–water partition coefficient (Wildman–Crippen LogP) is 4.62. The van der Waals surface area contributed by atoms with Gasteiger partial charge in [0.25, 0.3) is 5.89 Å². The molecular formula is C16H11BrClN3O2. The molecular weight excluding hydrogens is 382 g/mol. The van der Waals surface area contributed by atoms with Crippen LogP contribution in [-0.4, -0.2) is 15.1 Å². The number of rotatable bonds is 4. The Morgan fingerprint density at radius 2 is 1.91 bits per heavy atom. The van der Waals surface area contributed by atoms with Crippen LogP contribution in [0.1, 0.15) is 18.7 Å². The Morgan fingerprint density at radius 1 is 1.13 bits per heavy atom. The van der Waals surface area contributed by atoms with E-state index in [2.05, 4.69) is 31.1 Å². The van der Waals surface area contributed by atoms with Crippen LogP contribution in [0.4, 0.5) is 0 Å². The fraction of sp³-hybridized carbons (Fsp3) is 0.188. The molecule has 1 fully saturated rings. The summed E-state index contributed by atoms with van der Waals surface area (Å²) in [6.07, 6.45) is 3.37. The Hall–Kier alpha value is -1.92. The second-order valence-electron chi connectivity index (χ2n) is 5.34. The number of nitrogens with zero attached hydrogens (tertiary/aromatic N) is 3. The predicted molar refractivity (Wildman–Crippen MR) is 88.2 cm³/mol. The van der Waals surface area contributed by atoms with Crippen molar-refractivity contribution in [1.29, 1.82) is 0 Å². The van der Waals surface area contributed by atoms with E-state index in [-0.39, 0.29) is 0 Å². The van der Waals surface area contributed by atoms with Gasteiger partial charge in [-0.05, 0) is 52.3 Å². The molecule has 1 aliphatic rings. The zero-order valence-electron chi connectivity index (χ0n) is 11.9. The molecule has 0 N–H and O–H groups in total. The van der Waals surface area contributed by atoms with Crippen LogP contribution in [-0.2, 0) is 5.60 Å². The van der Waals surface area contributed by atoms with Crippen molar-refractivity contribution in [3.05, 3.63) is 58.0 Å². The lowest BCUT2D eigenvalue weighted by Crippen LogP contribution is -2.16. The van der Waals surface area contributed by atoms with Crippen molar-refractivity contribution in [2.45, 2.75) is 18.4 Å². The van der Waals surface area contributed by atoms with E-state index in [9.17, 15) is 0 Å². The number of hydrogen-bond acceptors (Lipinski definition) is 5. The molecule has 116 valence electrons. The van der Waals surface area contributed by atoms with E-state index in [0.717, 1.165) is 23.1 Å². The summed E-state index contributed by atoms with van der Waals surface area (Å²) in [6, 6.07) is 11.0. The molecule has 2 heterocycles. The van der Waals surface area contributed by atoms with E-state index in [4.69, 9.17) is 20.9 Å². The van der Waals surface area contributed by atoms with Crippen molar-refractivity contribution in [3.8, 4) is 17.3 Å². The third-order valence-corrected chi connectivity index (χ3v) is 4.32. The molecule has 23 heavy (non-hydrogen) atoms. The van der Waals surface area contributed by atoms with E-state index in [1.165, 1.54) is 0 Å². The summed E-state index contributed by atoms with van der Waals surface area (Å²) in [6.45, 7) is 0. The smallest absolute Gasteiger partial charge is 0.271 e. The Balaban J connectivity index is 1.58. The first kappa shape index (κ1) is 14.7. The highest BCUT2D eigenvalue weighted by atomic mass is 79.9. The largest absolute Gasteiger partial charge is 0.477 e. The molecule has 0 bridgehead atoms. The number of halogens is 2. The average molecular weight is 393 g/mol. The van der Waals surface area contributed by atoms with Gasteiger partial charge in [-0.3, -0.25) is 4.98 Å². The molecule has 5 nitrogen and oxygen atoms in total. The van der Waals surface area contributed by atoms with Crippen molar-refractivity contribution in [1.82, 2.24) is 15.1 Å². The summed E-state index contributed by atoms with van der Waals surface area (Å²) in [7, 11) is 0. The molecule has 0 spiro atoms. The van der Waals surface area contributed by atoms with Gasteiger partial charge >= 0.3 is 0 Å². The van der Waals surface area contributed by atoms with Crippen molar-refractivity contribution >= 4 is 27.5 Å². The van der Waals surface area contributed by atoms with Crippen LogP contribution in [0.2, 0.25) is 5.02 Å². The van der Waals surface area contributed by atoms with Gasteiger partial charge in [-0.1, -0.05) is 16.8 Å². The van der Waals surface area contributed by atoms with Crippen molar-refractivity contribution in [3.63, 3.8) is 0 Å². The van der Waals surface area contributed by atoms with E-state index in [1.54, 1.807) is 18.3 Å². The summed E-state index contributed by atoms with van der Waals surface area (Å²) in [4.78, 5) is 8.72.